The van der Waals surface area contributed by atoms with Gasteiger partial charge < -0.3 is 9.47 Å². The summed E-state index contributed by atoms with van der Waals surface area (Å²) in [6, 6.07) is 19.0. The predicted molar refractivity (Wildman–Crippen MR) is 108 cm³/mol. The van der Waals surface area contributed by atoms with Crippen molar-refractivity contribution in [1.29, 1.82) is 0 Å². The van der Waals surface area contributed by atoms with E-state index in [2.05, 4.69) is 70.2 Å². The number of hydrogen-bond acceptors (Lipinski definition) is 2. The standard InChI is InChI=1S/C23H21BO2/c1-14-8-5-10-16-22(14)26-19-13-7-12-18-21(19)24(16)20-15(23(2,3)4)9-6-11-17(20)25-18/h5-13H,1-4H3. The highest BCUT2D eigenvalue weighted by Crippen LogP contribution is 2.37. The monoisotopic (exact) mass is 340 g/mol. The second-order valence-electron chi connectivity index (χ2n) is 8.27. The number of rotatable bonds is 0. The first kappa shape index (κ1) is 15.6. The lowest BCUT2D eigenvalue weighted by molar-refractivity contribution is 0.461. The Morgan fingerprint density at radius 3 is 2.08 bits per heavy atom. The van der Waals surface area contributed by atoms with Gasteiger partial charge in [0, 0.05) is 5.46 Å². The van der Waals surface area contributed by atoms with Crippen LogP contribution in [0.3, 0.4) is 0 Å². The van der Waals surface area contributed by atoms with Crippen molar-refractivity contribution in [1.82, 2.24) is 0 Å². The molecule has 3 aromatic carbocycles. The van der Waals surface area contributed by atoms with E-state index >= 15 is 0 Å². The Kier molecular flexibility index (Phi) is 3.09. The molecule has 0 atom stereocenters. The maximum atomic E-state index is 6.33. The van der Waals surface area contributed by atoms with Crippen LogP contribution in [0.5, 0.6) is 23.0 Å². The minimum absolute atomic E-state index is 0.0312. The molecule has 3 heteroatoms. The third-order valence-corrected chi connectivity index (χ3v) is 5.46. The van der Waals surface area contributed by atoms with Crippen LogP contribution in [0.15, 0.2) is 54.6 Å². The number of ether oxygens (including phenoxy) is 2. The van der Waals surface area contributed by atoms with Crippen LogP contribution in [0.4, 0.5) is 0 Å². The lowest BCUT2D eigenvalue weighted by Crippen LogP contribution is -2.59. The number of aryl methyl sites for hydroxylation is 1. The van der Waals surface area contributed by atoms with Gasteiger partial charge in [0.25, 0.3) is 6.71 Å². The van der Waals surface area contributed by atoms with Crippen LogP contribution in [0.2, 0.25) is 0 Å². The molecule has 5 rings (SSSR count). The molecule has 0 radical (unpaired) electrons. The summed E-state index contributed by atoms with van der Waals surface area (Å²) in [5.74, 6) is 3.75. The number of fused-ring (bicyclic) bond motifs is 4. The molecule has 2 aliphatic rings. The average molecular weight is 340 g/mol. The largest absolute Gasteiger partial charge is 0.458 e. The number of para-hydroxylation sites is 1. The molecule has 0 amide bonds. The van der Waals surface area contributed by atoms with Crippen molar-refractivity contribution in [2.24, 2.45) is 0 Å². The molecule has 0 saturated carbocycles. The van der Waals surface area contributed by atoms with Gasteiger partial charge >= 0.3 is 0 Å². The molecule has 0 unspecified atom stereocenters. The van der Waals surface area contributed by atoms with Crippen molar-refractivity contribution in [3.05, 3.63) is 65.7 Å². The summed E-state index contributed by atoms with van der Waals surface area (Å²) >= 11 is 0. The molecule has 2 aliphatic heterocycles. The smallest absolute Gasteiger partial charge is 0.261 e. The summed E-state index contributed by atoms with van der Waals surface area (Å²) in [6.45, 7) is 9.05. The van der Waals surface area contributed by atoms with Crippen molar-refractivity contribution in [2.75, 3.05) is 0 Å². The summed E-state index contributed by atoms with van der Waals surface area (Å²) in [4.78, 5) is 0. The van der Waals surface area contributed by atoms with Crippen molar-refractivity contribution < 1.29 is 9.47 Å². The molecular formula is C23H21BO2. The fourth-order valence-corrected chi connectivity index (χ4v) is 4.30. The van der Waals surface area contributed by atoms with Crippen LogP contribution in [-0.2, 0) is 5.41 Å². The highest BCUT2D eigenvalue weighted by atomic mass is 16.5. The maximum Gasteiger partial charge on any atom is 0.261 e. The van der Waals surface area contributed by atoms with Crippen LogP contribution >= 0.6 is 0 Å². The van der Waals surface area contributed by atoms with Gasteiger partial charge in [-0.25, -0.2) is 0 Å². The molecule has 0 N–H and O–H groups in total. The molecule has 0 saturated heterocycles. The Morgan fingerprint density at radius 2 is 1.35 bits per heavy atom. The lowest BCUT2D eigenvalue weighted by Gasteiger charge is -2.36. The molecule has 2 heterocycles. The Labute approximate surface area is 154 Å². The van der Waals surface area contributed by atoms with Gasteiger partial charge in [-0.3, -0.25) is 0 Å². The lowest BCUT2D eigenvalue weighted by atomic mass is 9.33. The fourth-order valence-electron chi connectivity index (χ4n) is 4.30. The van der Waals surface area contributed by atoms with Crippen molar-refractivity contribution in [3.63, 3.8) is 0 Å². The molecule has 0 aromatic heterocycles. The second-order valence-corrected chi connectivity index (χ2v) is 8.27. The SMILES string of the molecule is Cc1cccc2c1Oc1cccc3c1B2c1c(cccc1C(C)(C)C)O3. The molecule has 0 aliphatic carbocycles. The first-order valence-corrected chi connectivity index (χ1v) is 9.16. The molecule has 128 valence electrons. The van der Waals surface area contributed by atoms with Gasteiger partial charge in [0.1, 0.15) is 23.0 Å². The quantitative estimate of drug-likeness (QED) is 0.397. The second kappa shape index (κ2) is 5.17. The van der Waals surface area contributed by atoms with E-state index in [-0.39, 0.29) is 12.1 Å². The third kappa shape index (κ3) is 2.06. The molecule has 0 fully saturated rings. The van der Waals surface area contributed by atoms with E-state index in [0.717, 1.165) is 28.5 Å². The average Bonchev–Trinajstić information content (AvgIpc) is 2.61. The molecule has 0 spiro atoms. The zero-order chi connectivity index (χ0) is 18.1. The summed E-state index contributed by atoms with van der Waals surface area (Å²) in [7, 11) is 0. The van der Waals surface area contributed by atoms with Gasteiger partial charge in [-0.1, -0.05) is 57.2 Å². The highest BCUT2D eigenvalue weighted by Gasteiger charge is 2.42. The van der Waals surface area contributed by atoms with E-state index in [0.29, 0.717) is 0 Å². The predicted octanol–water partition coefficient (Wildman–Crippen LogP) is 4.02. The minimum Gasteiger partial charge on any atom is -0.458 e. The van der Waals surface area contributed by atoms with E-state index in [1.54, 1.807) is 0 Å². The summed E-state index contributed by atoms with van der Waals surface area (Å²) < 4.78 is 12.6. The van der Waals surface area contributed by atoms with E-state index in [1.165, 1.54) is 22.1 Å². The topological polar surface area (TPSA) is 18.5 Å². The number of benzene rings is 3. The summed E-state index contributed by atoms with van der Waals surface area (Å²) in [5.41, 5.74) is 6.18. The van der Waals surface area contributed by atoms with Gasteiger partial charge in [0.2, 0.25) is 0 Å². The molecule has 2 nitrogen and oxygen atoms in total. The summed E-state index contributed by atoms with van der Waals surface area (Å²) in [6.07, 6.45) is 0. The Hall–Kier alpha value is -2.68. The first-order chi connectivity index (χ1) is 12.4. The third-order valence-electron chi connectivity index (χ3n) is 5.46. The molecule has 3 aromatic rings. The van der Waals surface area contributed by atoms with Gasteiger partial charge in [0.15, 0.2) is 0 Å². The van der Waals surface area contributed by atoms with E-state index in [1.807, 2.05) is 12.1 Å². The van der Waals surface area contributed by atoms with Gasteiger partial charge in [-0.2, -0.15) is 0 Å². The first-order valence-electron chi connectivity index (χ1n) is 9.16. The van der Waals surface area contributed by atoms with Gasteiger partial charge in [-0.15, -0.1) is 0 Å². The Morgan fingerprint density at radius 1 is 0.731 bits per heavy atom. The molecular weight excluding hydrogens is 319 g/mol. The van der Waals surface area contributed by atoms with Crippen LogP contribution in [0.1, 0.15) is 31.9 Å². The number of hydrogen-bond donors (Lipinski definition) is 0. The zero-order valence-corrected chi connectivity index (χ0v) is 15.6. The molecule has 26 heavy (non-hydrogen) atoms. The Balaban J connectivity index is 1.89. The minimum atomic E-state index is 0.0312. The van der Waals surface area contributed by atoms with Crippen LogP contribution in [0.25, 0.3) is 0 Å². The normalized spacial score (nSPS) is 13.9. The Bertz CT molecular complexity index is 1050. The van der Waals surface area contributed by atoms with Crippen LogP contribution in [-0.4, -0.2) is 6.71 Å². The summed E-state index contributed by atoms with van der Waals surface area (Å²) in [5, 5.41) is 0. The van der Waals surface area contributed by atoms with E-state index in [4.69, 9.17) is 9.47 Å². The van der Waals surface area contributed by atoms with Crippen molar-refractivity contribution in [3.8, 4) is 23.0 Å². The van der Waals surface area contributed by atoms with Crippen molar-refractivity contribution in [2.45, 2.75) is 33.1 Å². The van der Waals surface area contributed by atoms with Gasteiger partial charge in [-0.05, 0) is 52.6 Å². The van der Waals surface area contributed by atoms with E-state index < -0.39 is 0 Å². The van der Waals surface area contributed by atoms with Crippen LogP contribution in [0, 0.1) is 6.92 Å². The zero-order valence-electron chi connectivity index (χ0n) is 15.6. The fraction of sp³-hybridized carbons (Fsp3) is 0.217. The van der Waals surface area contributed by atoms with Crippen LogP contribution < -0.4 is 25.9 Å². The molecule has 0 bridgehead atoms. The van der Waals surface area contributed by atoms with Crippen molar-refractivity contribution >= 4 is 23.1 Å². The van der Waals surface area contributed by atoms with E-state index in [9.17, 15) is 0 Å². The highest BCUT2D eigenvalue weighted by molar-refractivity contribution is 6.98. The maximum absolute atomic E-state index is 6.33. The van der Waals surface area contributed by atoms with Gasteiger partial charge in [0.05, 0.1) is 0 Å².